The minimum atomic E-state index is -0.492. The summed E-state index contributed by atoms with van der Waals surface area (Å²) < 4.78 is 0. The highest BCUT2D eigenvalue weighted by Gasteiger charge is 2.17. The summed E-state index contributed by atoms with van der Waals surface area (Å²) in [6.07, 6.45) is 1.65. The number of benzene rings is 1. The van der Waals surface area contributed by atoms with Gasteiger partial charge in [0.25, 0.3) is 5.69 Å². The number of rotatable bonds is 5. The Morgan fingerprint density at radius 2 is 2.05 bits per heavy atom. The molecule has 0 aliphatic rings. The maximum Gasteiger partial charge on any atom is 0.293 e. The Morgan fingerprint density at radius 1 is 1.32 bits per heavy atom. The van der Waals surface area contributed by atoms with E-state index < -0.39 is 4.92 Å². The first-order chi connectivity index (χ1) is 10.5. The van der Waals surface area contributed by atoms with Crippen molar-refractivity contribution in [3.05, 3.63) is 57.8 Å². The number of hydrogen-bond donors (Lipinski definition) is 1. The van der Waals surface area contributed by atoms with E-state index >= 15 is 0 Å². The van der Waals surface area contributed by atoms with Gasteiger partial charge in [0, 0.05) is 12.3 Å². The third kappa shape index (κ3) is 4.05. The van der Waals surface area contributed by atoms with Crippen LogP contribution >= 0.6 is 11.8 Å². The molecule has 1 heterocycles. The van der Waals surface area contributed by atoms with Crippen molar-refractivity contribution in [2.45, 2.75) is 18.9 Å². The van der Waals surface area contributed by atoms with Gasteiger partial charge in [-0.1, -0.05) is 17.8 Å². The summed E-state index contributed by atoms with van der Waals surface area (Å²) in [7, 11) is 0. The SMILES string of the molecule is Cc1cc(NC(=O)CSc2ccccn2)c([N+](=O)[O-])cc1C. The van der Waals surface area contributed by atoms with E-state index in [4.69, 9.17) is 0 Å². The minimum Gasteiger partial charge on any atom is -0.320 e. The molecule has 0 saturated heterocycles. The fourth-order valence-corrected chi connectivity index (χ4v) is 2.47. The van der Waals surface area contributed by atoms with Crippen LogP contribution in [0, 0.1) is 24.0 Å². The van der Waals surface area contributed by atoms with Gasteiger partial charge in [-0.05, 0) is 43.2 Å². The summed E-state index contributed by atoms with van der Waals surface area (Å²) >= 11 is 1.28. The van der Waals surface area contributed by atoms with Gasteiger partial charge in [0.2, 0.25) is 5.91 Å². The monoisotopic (exact) mass is 317 g/mol. The highest BCUT2D eigenvalue weighted by Crippen LogP contribution is 2.28. The molecule has 0 fully saturated rings. The molecule has 1 aromatic heterocycles. The lowest BCUT2D eigenvalue weighted by Crippen LogP contribution is -2.15. The van der Waals surface area contributed by atoms with Crippen molar-refractivity contribution < 1.29 is 9.72 Å². The molecule has 0 unspecified atom stereocenters. The maximum atomic E-state index is 12.0. The lowest BCUT2D eigenvalue weighted by atomic mass is 10.1. The van der Waals surface area contributed by atoms with E-state index in [-0.39, 0.29) is 23.0 Å². The van der Waals surface area contributed by atoms with E-state index in [1.54, 1.807) is 31.3 Å². The average Bonchev–Trinajstić information content (AvgIpc) is 2.49. The van der Waals surface area contributed by atoms with Gasteiger partial charge >= 0.3 is 0 Å². The zero-order valence-corrected chi connectivity index (χ0v) is 13.0. The number of nitrogens with zero attached hydrogens (tertiary/aromatic N) is 2. The number of aryl methyl sites for hydroxylation is 2. The second kappa shape index (κ2) is 7.04. The van der Waals surface area contributed by atoms with Crippen LogP contribution in [0.2, 0.25) is 0 Å². The van der Waals surface area contributed by atoms with Gasteiger partial charge in [0.15, 0.2) is 0 Å². The second-order valence-corrected chi connectivity index (χ2v) is 5.71. The van der Waals surface area contributed by atoms with Crippen molar-refractivity contribution in [2.24, 2.45) is 0 Å². The molecule has 0 aliphatic heterocycles. The van der Waals surface area contributed by atoms with Gasteiger partial charge in [0.1, 0.15) is 5.69 Å². The fourth-order valence-electron chi connectivity index (χ4n) is 1.81. The number of carbonyl (C=O) groups is 1. The normalized spacial score (nSPS) is 10.3. The van der Waals surface area contributed by atoms with Crippen LogP contribution in [0.4, 0.5) is 11.4 Å². The Balaban J connectivity index is 2.08. The van der Waals surface area contributed by atoms with Crippen LogP contribution < -0.4 is 5.32 Å². The Kier molecular flexibility index (Phi) is 5.11. The van der Waals surface area contributed by atoms with Crippen molar-refractivity contribution in [3.63, 3.8) is 0 Å². The number of nitro groups is 1. The molecule has 6 nitrogen and oxygen atoms in total. The summed E-state index contributed by atoms with van der Waals surface area (Å²) in [4.78, 5) is 26.7. The van der Waals surface area contributed by atoms with E-state index in [1.807, 2.05) is 13.0 Å². The van der Waals surface area contributed by atoms with Crippen molar-refractivity contribution in [2.75, 3.05) is 11.1 Å². The summed E-state index contributed by atoms with van der Waals surface area (Å²) in [5.74, 6) is -0.164. The number of aromatic nitrogens is 1. The minimum absolute atomic E-state index is 0.0979. The van der Waals surface area contributed by atoms with Crippen molar-refractivity contribution in [3.8, 4) is 0 Å². The number of nitro benzene ring substituents is 1. The number of thioether (sulfide) groups is 1. The lowest BCUT2D eigenvalue weighted by molar-refractivity contribution is -0.384. The molecule has 22 heavy (non-hydrogen) atoms. The molecule has 114 valence electrons. The molecule has 2 rings (SSSR count). The van der Waals surface area contributed by atoms with Gasteiger partial charge in [0.05, 0.1) is 15.7 Å². The van der Waals surface area contributed by atoms with Crippen molar-refractivity contribution in [1.82, 2.24) is 4.98 Å². The van der Waals surface area contributed by atoms with Crippen LogP contribution in [-0.4, -0.2) is 21.6 Å². The Labute approximate surface area is 132 Å². The molecule has 0 radical (unpaired) electrons. The molecule has 0 atom stereocenters. The third-order valence-corrected chi connectivity index (χ3v) is 4.02. The van der Waals surface area contributed by atoms with Crippen LogP contribution in [0.5, 0.6) is 0 Å². The van der Waals surface area contributed by atoms with Gasteiger partial charge in [-0.15, -0.1) is 0 Å². The molecule has 7 heteroatoms. The molecule has 2 aromatic rings. The standard InChI is InChI=1S/C15H15N3O3S/c1-10-7-12(13(18(20)21)8-11(10)2)17-14(19)9-22-15-5-3-4-6-16-15/h3-8H,9H2,1-2H3,(H,17,19). The molecule has 1 amide bonds. The predicted molar refractivity (Wildman–Crippen MR) is 86.2 cm³/mol. The summed E-state index contributed by atoms with van der Waals surface area (Å²) in [6.45, 7) is 3.64. The zero-order valence-electron chi connectivity index (χ0n) is 12.2. The molecule has 0 aliphatic carbocycles. The van der Waals surface area contributed by atoms with Crippen LogP contribution in [0.1, 0.15) is 11.1 Å². The smallest absolute Gasteiger partial charge is 0.293 e. The molecular formula is C15H15N3O3S. The highest BCUT2D eigenvalue weighted by molar-refractivity contribution is 7.99. The van der Waals surface area contributed by atoms with E-state index in [0.717, 1.165) is 16.2 Å². The van der Waals surface area contributed by atoms with Crippen LogP contribution in [0.3, 0.4) is 0 Å². The molecule has 0 saturated carbocycles. The molecule has 0 spiro atoms. The van der Waals surface area contributed by atoms with E-state index in [1.165, 1.54) is 17.8 Å². The van der Waals surface area contributed by atoms with E-state index in [9.17, 15) is 14.9 Å². The highest BCUT2D eigenvalue weighted by atomic mass is 32.2. The van der Waals surface area contributed by atoms with E-state index in [2.05, 4.69) is 10.3 Å². The molecular weight excluding hydrogens is 302 g/mol. The maximum absolute atomic E-state index is 12.0. The Morgan fingerprint density at radius 3 is 2.68 bits per heavy atom. The van der Waals surface area contributed by atoms with Crippen LogP contribution in [-0.2, 0) is 4.79 Å². The summed E-state index contributed by atoms with van der Waals surface area (Å²) in [6, 6.07) is 8.52. The Hall–Kier alpha value is -2.41. The predicted octanol–water partition coefficient (Wildman–Crippen LogP) is 3.34. The van der Waals surface area contributed by atoms with Gasteiger partial charge < -0.3 is 5.32 Å². The van der Waals surface area contributed by atoms with E-state index in [0.29, 0.717) is 0 Å². The molecule has 1 N–H and O–H groups in total. The fraction of sp³-hybridized carbons (Fsp3) is 0.200. The zero-order chi connectivity index (χ0) is 16.1. The number of pyridine rings is 1. The number of anilines is 1. The first kappa shape index (κ1) is 16.0. The number of hydrogen-bond acceptors (Lipinski definition) is 5. The third-order valence-electron chi connectivity index (χ3n) is 3.07. The van der Waals surface area contributed by atoms with Crippen molar-refractivity contribution >= 4 is 29.0 Å². The van der Waals surface area contributed by atoms with Crippen LogP contribution in [0.15, 0.2) is 41.6 Å². The average molecular weight is 317 g/mol. The topological polar surface area (TPSA) is 85.1 Å². The lowest BCUT2D eigenvalue weighted by Gasteiger charge is -2.08. The number of nitrogens with one attached hydrogen (secondary N) is 1. The number of amides is 1. The summed E-state index contributed by atoms with van der Waals surface area (Å²) in [5.41, 5.74) is 1.82. The number of carbonyl (C=O) groups excluding carboxylic acids is 1. The van der Waals surface area contributed by atoms with Crippen molar-refractivity contribution in [1.29, 1.82) is 0 Å². The molecule has 0 bridgehead atoms. The Bertz CT molecular complexity index is 705. The second-order valence-electron chi connectivity index (χ2n) is 4.72. The largest absolute Gasteiger partial charge is 0.320 e. The van der Waals surface area contributed by atoms with Gasteiger partial charge in [-0.25, -0.2) is 4.98 Å². The molecule has 1 aromatic carbocycles. The van der Waals surface area contributed by atoms with Gasteiger partial charge in [-0.2, -0.15) is 0 Å². The van der Waals surface area contributed by atoms with Crippen LogP contribution in [0.25, 0.3) is 0 Å². The first-order valence-electron chi connectivity index (χ1n) is 6.56. The quantitative estimate of drug-likeness (QED) is 0.519. The summed E-state index contributed by atoms with van der Waals surface area (Å²) in [5, 5.41) is 14.4. The first-order valence-corrected chi connectivity index (χ1v) is 7.55. The van der Waals surface area contributed by atoms with Gasteiger partial charge in [-0.3, -0.25) is 14.9 Å².